The van der Waals surface area contributed by atoms with Crippen LogP contribution in [0.4, 0.5) is 0 Å². The average Bonchev–Trinajstić information content (AvgIpc) is 2.63. The second-order valence-corrected chi connectivity index (χ2v) is 8.74. The predicted octanol–water partition coefficient (Wildman–Crippen LogP) is 7.29. The fourth-order valence-electron chi connectivity index (χ4n) is 2.08. The van der Waals surface area contributed by atoms with Gasteiger partial charge in [-0.2, -0.15) is 0 Å². The number of halogens is 4. The lowest BCUT2D eigenvalue weighted by Crippen LogP contribution is -2.20. The second kappa shape index (κ2) is 11.0. The fraction of sp³-hybridized carbons (Fsp3) is 0.286. The van der Waals surface area contributed by atoms with Crippen molar-refractivity contribution in [3.8, 4) is 11.5 Å². The van der Waals surface area contributed by atoms with Crippen LogP contribution in [0.15, 0.2) is 58.2 Å². The molecule has 0 atom stereocenters. The minimum absolute atomic E-state index is 0.115. The molecule has 2 aromatic rings. The Morgan fingerprint density at radius 3 is 2.17 bits per heavy atom. The maximum Gasteiger partial charge on any atom is 0.157 e. The van der Waals surface area contributed by atoms with E-state index in [-0.39, 0.29) is 17.7 Å². The molecule has 0 aliphatic rings. The first-order valence-corrected chi connectivity index (χ1v) is 10.2. The third-order valence-corrected chi connectivity index (χ3v) is 4.22. The third kappa shape index (κ3) is 8.35. The van der Waals surface area contributed by atoms with Gasteiger partial charge in [0.15, 0.2) is 5.75 Å². The van der Waals surface area contributed by atoms with E-state index >= 15 is 0 Å². The summed E-state index contributed by atoms with van der Waals surface area (Å²) in [5.74, 6) is 0.789. The SMILES string of the molecule is CC(C)(C)ON=C(COc1c(Cl)cc(OCC=C(Cl)Cl)cc1Cl)c1ccccc1. The van der Waals surface area contributed by atoms with Crippen molar-refractivity contribution < 1.29 is 14.3 Å². The summed E-state index contributed by atoms with van der Waals surface area (Å²) in [7, 11) is 0. The molecule has 156 valence electrons. The minimum Gasteiger partial charge on any atom is -0.489 e. The first-order chi connectivity index (χ1) is 13.7. The normalized spacial score (nSPS) is 11.8. The van der Waals surface area contributed by atoms with Gasteiger partial charge in [-0.05, 0) is 26.8 Å². The van der Waals surface area contributed by atoms with Crippen molar-refractivity contribution in [2.75, 3.05) is 13.2 Å². The molecule has 0 aromatic heterocycles. The summed E-state index contributed by atoms with van der Waals surface area (Å²) in [5, 5.41) is 4.87. The molecular formula is C21H21Cl4NO3. The van der Waals surface area contributed by atoms with E-state index < -0.39 is 5.60 Å². The molecule has 2 aromatic carbocycles. The van der Waals surface area contributed by atoms with E-state index in [1.54, 1.807) is 12.1 Å². The molecule has 0 fully saturated rings. The van der Waals surface area contributed by atoms with Gasteiger partial charge in [-0.3, -0.25) is 0 Å². The van der Waals surface area contributed by atoms with Crippen molar-refractivity contribution in [3.05, 3.63) is 68.6 Å². The molecule has 0 aliphatic heterocycles. The summed E-state index contributed by atoms with van der Waals surface area (Å²) in [4.78, 5) is 5.57. The molecule has 0 heterocycles. The van der Waals surface area contributed by atoms with Gasteiger partial charge >= 0.3 is 0 Å². The second-order valence-electron chi connectivity index (χ2n) is 6.92. The first kappa shape index (κ1) is 23.7. The standard InChI is InChI=1S/C21H21Cl4NO3/c1-21(2,3)29-26-18(14-7-5-4-6-8-14)13-28-20-16(22)11-15(12-17(20)23)27-10-9-19(24)25/h4-9,11-12H,10,13H2,1-3H3. The van der Waals surface area contributed by atoms with Gasteiger partial charge in [0.1, 0.15) is 34.8 Å². The number of benzene rings is 2. The molecule has 8 heteroatoms. The van der Waals surface area contributed by atoms with Gasteiger partial charge in [0.25, 0.3) is 0 Å². The summed E-state index contributed by atoms with van der Waals surface area (Å²) < 4.78 is 11.5. The Kier molecular flexibility index (Phi) is 8.97. The summed E-state index contributed by atoms with van der Waals surface area (Å²) in [5.41, 5.74) is 1.04. The highest BCUT2D eigenvalue weighted by molar-refractivity contribution is 6.55. The van der Waals surface area contributed by atoms with Crippen LogP contribution >= 0.6 is 46.4 Å². The van der Waals surface area contributed by atoms with Crippen LogP contribution in [0.3, 0.4) is 0 Å². The number of hydrogen-bond donors (Lipinski definition) is 0. The van der Waals surface area contributed by atoms with Gasteiger partial charge in [0.05, 0.1) is 10.0 Å². The summed E-state index contributed by atoms with van der Waals surface area (Å²) >= 11 is 23.8. The molecule has 0 radical (unpaired) electrons. The van der Waals surface area contributed by atoms with Gasteiger partial charge < -0.3 is 14.3 Å². The highest BCUT2D eigenvalue weighted by atomic mass is 35.5. The van der Waals surface area contributed by atoms with E-state index in [2.05, 4.69) is 5.16 Å². The van der Waals surface area contributed by atoms with Crippen LogP contribution in [0.1, 0.15) is 26.3 Å². The van der Waals surface area contributed by atoms with E-state index in [4.69, 9.17) is 60.7 Å². The molecule has 0 aliphatic carbocycles. The minimum atomic E-state index is -0.436. The number of ether oxygens (including phenoxy) is 2. The highest BCUT2D eigenvalue weighted by Crippen LogP contribution is 2.37. The molecule has 0 N–H and O–H groups in total. The van der Waals surface area contributed by atoms with Crippen LogP contribution in [-0.2, 0) is 4.84 Å². The topological polar surface area (TPSA) is 40.0 Å². The number of oxime groups is 1. The van der Waals surface area contributed by atoms with Gasteiger partial charge in [-0.1, -0.05) is 81.9 Å². The molecule has 4 nitrogen and oxygen atoms in total. The zero-order chi connectivity index (χ0) is 21.4. The monoisotopic (exact) mass is 475 g/mol. The summed E-state index contributed by atoms with van der Waals surface area (Å²) in [6.07, 6.45) is 1.51. The van der Waals surface area contributed by atoms with Crippen molar-refractivity contribution in [2.24, 2.45) is 5.16 Å². The predicted molar refractivity (Wildman–Crippen MR) is 121 cm³/mol. The van der Waals surface area contributed by atoms with Crippen LogP contribution in [-0.4, -0.2) is 24.5 Å². The summed E-state index contributed by atoms with van der Waals surface area (Å²) in [6.45, 7) is 6.05. The Morgan fingerprint density at radius 2 is 1.62 bits per heavy atom. The molecule has 0 spiro atoms. The van der Waals surface area contributed by atoms with Crippen molar-refractivity contribution in [1.82, 2.24) is 0 Å². The van der Waals surface area contributed by atoms with Gasteiger partial charge in [0, 0.05) is 17.7 Å². The zero-order valence-electron chi connectivity index (χ0n) is 16.2. The largest absolute Gasteiger partial charge is 0.489 e. The lowest BCUT2D eigenvalue weighted by Gasteiger charge is -2.18. The lowest BCUT2D eigenvalue weighted by molar-refractivity contribution is 0.000347. The molecule has 0 unspecified atom stereocenters. The molecule has 2 rings (SSSR count). The van der Waals surface area contributed by atoms with Crippen LogP contribution in [0.25, 0.3) is 0 Å². The number of hydrogen-bond acceptors (Lipinski definition) is 4. The van der Waals surface area contributed by atoms with Gasteiger partial charge in [-0.15, -0.1) is 0 Å². The van der Waals surface area contributed by atoms with Gasteiger partial charge in [-0.25, -0.2) is 0 Å². The van der Waals surface area contributed by atoms with Gasteiger partial charge in [0.2, 0.25) is 0 Å². The molecule has 29 heavy (non-hydrogen) atoms. The highest BCUT2D eigenvalue weighted by Gasteiger charge is 2.15. The third-order valence-electron chi connectivity index (χ3n) is 3.35. The molecule has 0 bridgehead atoms. The van der Waals surface area contributed by atoms with Crippen LogP contribution < -0.4 is 9.47 Å². The Bertz CT molecular complexity index is 850. The Hall–Kier alpha value is -1.59. The van der Waals surface area contributed by atoms with E-state index in [0.717, 1.165) is 5.56 Å². The Balaban J connectivity index is 2.17. The van der Waals surface area contributed by atoms with Crippen LogP contribution in [0, 0.1) is 0 Å². The summed E-state index contributed by atoms with van der Waals surface area (Å²) in [6, 6.07) is 12.8. The van der Waals surface area contributed by atoms with Crippen molar-refractivity contribution in [3.63, 3.8) is 0 Å². The molecule has 0 saturated heterocycles. The maximum absolute atomic E-state index is 6.33. The molecule has 0 saturated carbocycles. The number of nitrogens with zero attached hydrogens (tertiary/aromatic N) is 1. The van der Waals surface area contributed by atoms with Crippen LogP contribution in [0.2, 0.25) is 10.0 Å². The van der Waals surface area contributed by atoms with E-state index in [1.165, 1.54) is 6.08 Å². The van der Waals surface area contributed by atoms with E-state index in [0.29, 0.717) is 27.3 Å². The molecule has 0 amide bonds. The molecular weight excluding hydrogens is 456 g/mol. The number of rotatable bonds is 8. The Labute approximate surface area is 190 Å². The zero-order valence-corrected chi connectivity index (χ0v) is 19.2. The van der Waals surface area contributed by atoms with Crippen molar-refractivity contribution >= 4 is 52.1 Å². The Morgan fingerprint density at radius 1 is 1.00 bits per heavy atom. The van der Waals surface area contributed by atoms with Crippen LogP contribution in [0.5, 0.6) is 11.5 Å². The lowest BCUT2D eigenvalue weighted by atomic mass is 10.1. The first-order valence-electron chi connectivity index (χ1n) is 8.72. The average molecular weight is 477 g/mol. The maximum atomic E-state index is 6.33. The van der Waals surface area contributed by atoms with E-state index in [9.17, 15) is 0 Å². The smallest absolute Gasteiger partial charge is 0.157 e. The fourth-order valence-corrected chi connectivity index (χ4v) is 2.79. The quantitative estimate of drug-likeness (QED) is 0.296. The van der Waals surface area contributed by atoms with Crippen molar-refractivity contribution in [1.29, 1.82) is 0 Å². The van der Waals surface area contributed by atoms with E-state index in [1.807, 2.05) is 51.1 Å². The van der Waals surface area contributed by atoms with Crippen molar-refractivity contribution in [2.45, 2.75) is 26.4 Å².